The highest BCUT2D eigenvalue weighted by Crippen LogP contribution is 2.30. The highest BCUT2D eigenvalue weighted by Gasteiger charge is 2.17. The molecular weight excluding hydrogens is 425 g/mol. The summed E-state index contributed by atoms with van der Waals surface area (Å²) in [6.45, 7) is -0.0596. The van der Waals surface area contributed by atoms with Crippen LogP contribution in [0.25, 0.3) is 0 Å². The Hall–Kier alpha value is -3.92. The van der Waals surface area contributed by atoms with Gasteiger partial charge in [0.2, 0.25) is 0 Å². The summed E-state index contributed by atoms with van der Waals surface area (Å²) in [6, 6.07) is 15.1. The molecule has 0 saturated carbocycles. The molecule has 4 rings (SSSR count). The zero-order valence-corrected chi connectivity index (χ0v) is 16.7. The molecule has 0 fully saturated rings. The normalized spacial score (nSPS) is 12.9. The van der Waals surface area contributed by atoms with Crippen LogP contribution in [-0.2, 0) is 14.8 Å². The number of carbonyl (C=O) groups is 2. The topological polar surface area (TPSA) is 114 Å². The zero-order valence-electron chi connectivity index (χ0n) is 15.9. The van der Waals surface area contributed by atoms with Gasteiger partial charge in [-0.1, -0.05) is 0 Å². The van der Waals surface area contributed by atoms with Crippen LogP contribution in [0.3, 0.4) is 0 Å². The molecule has 3 aromatic carbocycles. The third-order valence-electron chi connectivity index (χ3n) is 4.39. The molecule has 8 nitrogen and oxygen atoms in total. The van der Waals surface area contributed by atoms with Crippen LogP contribution in [0.15, 0.2) is 71.6 Å². The lowest BCUT2D eigenvalue weighted by Gasteiger charge is -2.18. The zero-order chi connectivity index (χ0) is 22.0. The Morgan fingerprint density at radius 2 is 1.65 bits per heavy atom. The van der Waals surface area contributed by atoms with E-state index in [1.807, 2.05) is 0 Å². The number of carbonyl (C=O) groups excluding carboxylic acids is 2. The Labute approximate surface area is 177 Å². The number of anilines is 3. The number of rotatable bonds is 5. The summed E-state index contributed by atoms with van der Waals surface area (Å²) in [4.78, 5) is 23.8. The fourth-order valence-corrected chi connectivity index (χ4v) is 3.94. The number of hydrogen-bond acceptors (Lipinski definition) is 5. The predicted octanol–water partition coefficient (Wildman–Crippen LogP) is 3.21. The van der Waals surface area contributed by atoms with Gasteiger partial charge in [0, 0.05) is 16.9 Å². The van der Waals surface area contributed by atoms with Crippen LogP contribution in [0, 0.1) is 5.82 Å². The minimum atomic E-state index is -3.89. The SMILES string of the molecule is O=C1COc2ccc(NC(=O)c3ccc(NS(=O)(=O)c4ccc(F)cc4)cc3)cc2N1. The van der Waals surface area contributed by atoms with Gasteiger partial charge in [0.1, 0.15) is 11.6 Å². The van der Waals surface area contributed by atoms with Crippen LogP contribution in [0.5, 0.6) is 5.75 Å². The van der Waals surface area contributed by atoms with E-state index < -0.39 is 21.7 Å². The minimum absolute atomic E-state index is 0.0596. The average molecular weight is 441 g/mol. The van der Waals surface area contributed by atoms with Crippen molar-refractivity contribution in [2.45, 2.75) is 4.90 Å². The Kier molecular flexibility index (Phi) is 5.30. The van der Waals surface area contributed by atoms with E-state index in [1.54, 1.807) is 18.2 Å². The third kappa shape index (κ3) is 4.64. The van der Waals surface area contributed by atoms with Crippen molar-refractivity contribution in [2.75, 3.05) is 22.0 Å². The average Bonchev–Trinajstić information content (AvgIpc) is 2.74. The van der Waals surface area contributed by atoms with Gasteiger partial charge in [0.05, 0.1) is 10.6 Å². The quantitative estimate of drug-likeness (QED) is 0.563. The Balaban J connectivity index is 1.44. The summed E-state index contributed by atoms with van der Waals surface area (Å²) < 4.78 is 45.4. The first-order valence-electron chi connectivity index (χ1n) is 9.07. The molecule has 158 valence electrons. The largest absolute Gasteiger partial charge is 0.482 e. The van der Waals surface area contributed by atoms with E-state index in [1.165, 1.54) is 24.3 Å². The van der Waals surface area contributed by atoms with Crippen molar-refractivity contribution in [1.29, 1.82) is 0 Å². The molecule has 0 spiro atoms. The molecular formula is C21H16FN3O5S. The third-order valence-corrected chi connectivity index (χ3v) is 5.79. The Bertz CT molecular complexity index is 1260. The molecule has 0 saturated heterocycles. The first kappa shape index (κ1) is 20.4. The standard InChI is InChI=1S/C21H16FN3O5S/c22-14-3-8-17(9-4-14)31(28,29)25-15-5-1-13(2-6-15)21(27)23-16-7-10-19-18(11-16)24-20(26)12-30-19/h1-11,25H,12H2,(H,23,27)(H,24,26). The van der Waals surface area contributed by atoms with Gasteiger partial charge in [-0.3, -0.25) is 14.3 Å². The summed E-state index contributed by atoms with van der Waals surface area (Å²) >= 11 is 0. The predicted molar refractivity (Wildman–Crippen MR) is 112 cm³/mol. The van der Waals surface area contributed by atoms with Crippen molar-refractivity contribution in [2.24, 2.45) is 0 Å². The Morgan fingerprint density at radius 3 is 2.35 bits per heavy atom. The van der Waals surface area contributed by atoms with Crippen LogP contribution in [-0.4, -0.2) is 26.8 Å². The molecule has 31 heavy (non-hydrogen) atoms. The molecule has 0 bridgehead atoms. The molecule has 10 heteroatoms. The summed E-state index contributed by atoms with van der Waals surface area (Å²) in [5.41, 5.74) is 1.45. The highest BCUT2D eigenvalue weighted by atomic mass is 32.2. The molecule has 3 N–H and O–H groups in total. The number of benzene rings is 3. The first-order valence-corrected chi connectivity index (χ1v) is 10.5. The number of sulfonamides is 1. The monoisotopic (exact) mass is 441 g/mol. The van der Waals surface area contributed by atoms with Gasteiger partial charge in [-0.25, -0.2) is 12.8 Å². The van der Waals surface area contributed by atoms with E-state index >= 15 is 0 Å². The van der Waals surface area contributed by atoms with Crippen molar-refractivity contribution < 1.29 is 27.1 Å². The number of hydrogen-bond donors (Lipinski definition) is 3. The van der Waals surface area contributed by atoms with Crippen molar-refractivity contribution in [3.05, 3.63) is 78.1 Å². The molecule has 0 unspecified atom stereocenters. The number of ether oxygens (including phenoxy) is 1. The van der Waals surface area contributed by atoms with E-state index in [4.69, 9.17) is 4.74 Å². The maximum absolute atomic E-state index is 13.0. The molecule has 1 heterocycles. The number of nitrogens with one attached hydrogen (secondary N) is 3. The summed E-state index contributed by atoms with van der Waals surface area (Å²) in [7, 11) is -3.89. The second-order valence-corrected chi connectivity index (χ2v) is 8.32. The van der Waals surface area contributed by atoms with Gasteiger partial charge in [0.25, 0.3) is 21.8 Å². The first-order chi connectivity index (χ1) is 14.8. The molecule has 3 aromatic rings. The van der Waals surface area contributed by atoms with E-state index in [0.717, 1.165) is 24.3 Å². The molecule has 0 aromatic heterocycles. The molecule has 1 aliphatic heterocycles. The second-order valence-electron chi connectivity index (χ2n) is 6.64. The van der Waals surface area contributed by atoms with E-state index in [9.17, 15) is 22.4 Å². The smallest absolute Gasteiger partial charge is 0.262 e. The number of fused-ring (bicyclic) bond motifs is 1. The fourth-order valence-electron chi connectivity index (χ4n) is 2.88. The minimum Gasteiger partial charge on any atom is -0.482 e. The van der Waals surface area contributed by atoms with Crippen molar-refractivity contribution >= 4 is 38.9 Å². The van der Waals surface area contributed by atoms with E-state index in [2.05, 4.69) is 15.4 Å². The van der Waals surface area contributed by atoms with E-state index in [-0.39, 0.29) is 23.1 Å². The summed E-state index contributed by atoms with van der Waals surface area (Å²) in [5, 5.41) is 5.36. The number of amides is 2. The molecule has 1 aliphatic rings. The molecule has 0 atom stereocenters. The second kappa shape index (κ2) is 8.07. The Morgan fingerprint density at radius 1 is 0.968 bits per heavy atom. The highest BCUT2D eigenvalue weighted by molar-refractivity contribution is 7.92. The van der Waals surface area contributed by atoms with E-state index in [0.29, 0.717) is 22.7 Å². The fraction of sp³-hybridized carbons (Fsp3) is 0.0476. The van der Waals surface area contributed by atoms with Gasteiger partial charge in [0.15, 0.2) is 6.61 Å². The van der Waals surface area contributed by atoms with Gasteiger partial charge in [-0.05, 0) is 66.7 Å². The number of halogens is 1. The van der Waals surface area contributed by atoms with Crippen LogP contribution in [0.2, 0.25) is 0 Å². The lowest BCUT2D eigenvalue weighted by atomic mass is 10.2. The van der Waals surface area contributed by atoms with Crippen molar-refractivity contribution in [3.63, 3.8) is 0 Å². The molecule has 0 aliphatic carbocycles. The lowest BCUT2D eigenvalue weighted by Crippen LogP contribution is -2.25. The molecule has 0 radical (unpaired) electrons. The lowest BCUT2D eigenvalue weighted by molar-refractivity contribution is -0.118. The van der Waals surface area contributed by atoms with Gasteiger partial charge in [-0.2, -0.15) is 0 Å². The van der Waals surface area contributed by atoms with Crippen molar-refractivity contribution in [1.82, 2.24) is 0 Å². The van der Waals surface area contributed by atoms with Crippen LogP contribution in [0.4, 0.5) is 21.5 Å². The summed E-state index contributed by atoms with van der Waals surface area (Å²) in [5.74, 6) is -0.732. The maximum Gasteiger partial charge on any atom is 0.262 e. The van der Waals surface area contributed by atoms with Crippen LogP contribution >= 0.6 is 0 Å². The van der Waals surface area contributed by atoms with Crippen LogP contribution in [0.1, 0.15) is 10.4 Å². The van der Waals surface area contributed by atoms with Gasteiger partial charge < -0.3 is 15.4 Å². The summed E-state index contributed by atoms with van der Waals surface area (Å²) in [6.07, 6.45) is 0. The van der Waals surface area contributed by atoms with Crippen molar-refractivity contribution in [3.8, 4) is 5.75 Å². The molecule has 2 amide bonds. The van der Waals surface area contributed by atoms with Crippen LogP contribution < -0.4 is 20.1 Å². The van der Waals surface area contributed by atoms with Gasteiger partial charge >= 0.3 is 0 Å². The van der Waals surface area contributed by atoms with Gasteiger partial charge in [-0.15, -0.1) is 0 Å². The maximum atomic E-state index is 13.0.